The Balaban J connectivity index is 2.23. The lowest BCUT2D eigenvalue weighted by atomic mass is 10.1. The number of nitrogens with one attached hydrogen (secondary N) is 1. The first kappa shape index (κ1) is 11.8. The second-order valence-electron chi connectivity index (χ2n) is 4.17. The molecule has 90 valence electrons. The summed E-state index contributed by atoms with van der Waals surface area (Å²) >= 11 is 0. The van der Waals surface area contributed by atoms with Crippen LogP contribution in [0.3, 0.4) is 0 Å². The third kappa shape index (κ3) is 2.71. The first-order chi connectivity index (χ1) is 8.20. The van der Waals surface area contributed by atoms with Crippen LogP contribution in [0, 0.1) is 5.82 Å². The molecule has 0 aliphatic rings. The fourth-order valence-electron chi connectivity index (χ4n) is 1.78. The Bertz CT molecular complexity index is 493. The number of nitrogens with two attached hydrogens (primary N) is 1. The van der Waals surface area contributed by atoms with Crippen LogP contribution in [-0.4, -0.2) is 16.5 Å². The van der Waals surface area contributed by atoms with Crippen LogP contribution in [-0.2, 0) is 0 Å². The number of H-pyrrole nitrogens is 1. The second kappa shape index (κ2) is 5.10. The molecular weight excluding hydrogens is 217 g/mol. The number of hydrogen-bond acceptors (Lipinski definition) is 2. The van der Waals surface area contributed by atoms with Crippen molar-refractivity contribution < 1.29 is 4.39 Å². The molecule has 0 aliphatic carbocycles. The molecule has 1 heterocycles. The van der Waals surface area contributed by atoms with Gasteiger partial charge in [0.05, 0.1) is 11.9 Å². The minimum absolute atomic E-state index is 0.242. The highest BCUT2D eigenvalue weighted by atomic mass is 19.1. The van der Waals surface area contributed by atoms with Crippen molar-refractivity contribution in [2.75, 3.05) is 6.54 Å². The average molecular weight is 233 g/mol. The van der Waals surface area contributed by atoms with Crippen molar-refractivity contribution in [2.24, 2.45) is 5.73 Å². The molecule has 4 heteroatoms. The van der Waals surface area contributed by atoms with E-state index in [4.69, 9.17) is 5.73 Å². The molecule has 0 saturated heterocycles. The summed E-state index contributed by atoms with van der Waals surface area (Å²) in [6.45, 7) is 2.71. The zero-order valence-corrected chi connectivity index (χ0v) is 9.78. The maximum absolute atomic E-state index is 13.1. The van der Waals surface area contributed by atoms with E-state index in [9.17, 15) is 4.39 Å². The van der Waals surface area contributed by atoms with Crippen molar-refractivity contribution in [3.05, 3.63) is 42.1 Å². The molecule has 0 aliphatic heterocycles. The molecule has 1 unspecified atom stereocenters. The third-order valence-electron chi connectivity index (χ3n) is 2.80. The van der Waals surface area contributed by atoms with Crippen molar-refractivity contribution >= 4 is 0 Å². The molecule has 2 aromatic rings. The van der Waals surface area contributed by atoms with Crippen LogP contribution in [0.2, 0.25) is 0 Å². The molecule has 3 nitrogen and oxygen atoms in total. The molecule has 0 fully saturated rings. The summed E-state index contributed by atoms with van der Waals surface area (Å²) in [5.74, 6) is 0.950. The lowest BCUT2D eigenvalue weighted by Gasteiger charge is -2.05. The topological polar surface area (TPSA) is 54.7 Å². The van der Waals surface area contributed by atoms with E-state index in [0.29, 0.717) is 12.5 Å². The van der Waals surface area contributed by atoms with E-state index in [-0.39, 0.29) is 5.82 Å². The van der Waals surface area contributed by atoms with E-state index in [1.54, 1.807) is 12.3 Å². The van der Waals surface area contributed by atoms with E-state index < -0.39 is 0 Å². The minimum atomic E-state index is -0.242. The Morgan fingerprint density at radius 3 is 3.00 bits per heavy atom. The van der Waals surface area contributed by atoms with Gasteiger partial charge in [-0.15, -0.1) is 0 Å². The summed E-state index contributed by atoms with van der Waals surface area (Å²) in [5, 5.41) is 0. The predicted molar refractivity (Wildman–Crippen MR) is 66.1 cm³/mol. The SMILES string of the molecule is CC(CCN)c1ncc(-c2cccc(F)c2)[nH]1. The van der Waals surface area contributed by atoms with Crippen LogP contribution in [0.25, 0.3) is 11.3 Å². The Kier molecular flexibility index (Phi) is 3.54. The maximum Gasteiger partial charge on any atom is 0.123 e. The van der Waals surface area contributed by atoms with Gasteiger partial charge in [-0.05, 0) is 25.1 Å². The molecule has 1 aromatic heterocycles. The molecule has 17 heavy (non-hydrogen) atoms. The van der Waals surface area contributed by atoms with Crippen LogP contribution in [0.4, 0.5) is 4.39 Å². The summed E-state index contributed by atoms with van der Waals surface area (Å²) < 4.78 is 13.1. The van der Waals surface area contributed by atoms with Gasteiger partial charge in [0.25, 0.3) is 0 Å². The minimum Gasteiger partial charge on any atom is -0.342 e. The number of imidazole rings is 1. The quantitative estimate of drug-likeness (QED) is 0.853. The van der Waals surface area contributed by atoms with E-state index in [0.717, 1.165) is 23.5 Å². The van der Waals surface area contributed by atoms with Gasteiger partial charge in [0, 0.05) is 11.5 Å². The van der Waals surface area contributed by atoms with Gasteiger partial charge in [0.15, 0.2) is 0 Å². The third-order valence-corrected chi connectivity index (χ3v) is 2.80. The number of aromatic nitrogens is 2. The molecule has 2 rings (SSSR count). The normalized spacial score (nSPS) is 12.6. The van der Waals surface area contributed by atoms with Gasteiger partial charge in [0.2, 0.25) is 0 Å². The first-order valence-corrected chi connectivity index (χ1v) is 5.71. The van der Waals surface area contributed by atoms with E-state index in [1.165, 1.54) is 12.1 Å². The van der Waals surface area contributed by atoms with Gasteiger partial charge in [-0.3, -0.25) is 0 Å². The largest absolute Gasteiger partial charge is 0.342 e. The number of aromatic amines is 1. The summed E-state index contributed by atoms with van der Waals surface area (Å²) in [4.78, 5) is 7.52. The molecule has 0 spiro atoms. The molecule has 1 atom stereocenters. The number of benzene rings is 1. The Morgan fingerprint density at radius 2 is 2.29 bits per heavy atom. The first-order valence-electron chi connectivity index (χ1n) is 5.71. The van der Waals surface area contributed by atoms with Crippen LogP contribution in [0.5, 0.6) is 0 Å². The molecule has 0 radical (unpaired) electrons. The van der Waals surface area contributed by atoms with Crippen molar-refractivity contribution in [1.29, 1.82) is 0 Å². The van der Waals surface area contributed by atoms with E-state index in [1.807, 2.05) is 6.07 Å². The summed E-state index contributed by atoms with van der Waals surface area (Å²) in [5.41, 5.74) is 7.16. The highest BCUT2D eigenvalue weighted by Gasteiger charge is 2.10. The number of nitrogens with zero attached hydrogens (tertiary/aromatic N) is 1. The predicted octanol–water partition coefficient (Wildman–Crippen LogP) is 2.67. The summed E-state index contributed by atoms with van der Waals surface area (Å²) in [7, 11) is 0. The highest BCUT2D eigenvalue weighted by molar-refractivity contribution is 5.58. The zero-order valence-electron chi connectivity index (χ0n) is 9.78. The maximum atomic E-state index is 13.1. The smallest absolute Gasteiger partial charge is 0.123 e. The summed E-state index contributed by atoms with van der Waals surface area (Å²) in [6, 6.07) is 6.46. The lowest BCUT2D eigenvalue weighted by Crippen LogP contribution is -2.05. The molecule has 1 aromatic carbocycles. The van der Waals surface area contributed by atoms with Crippen LogP contribution in [0.1, 0.15) is 25.1 Å². The number of hydrogen-bond donors (Lipinski definition) is 2. The number of rotatable bonds is 4. The zero-order chi connectivity index (χ0) is 12.3. The Morgan fingerprint density at radius 1 is 1.47 bits per heavy atom. The second-order valence-corrected chi connectivity index (χ2v) is 4.17. The molecule has 0 bridgehead atoms. The van der Waals surface area contributed by atoms with Gasteiger partial charge >= 0.3 is 0 Å². The molecule has 0 amide bonds. The van der Waals surface area contributed by atoms with Gasteiger partial charge < -0.3 is 10.7 Å². The van der Waals surface area contributed by atoms with E-state index >= 15 is 0 Å². The summed E-state index contributed by atoms with van der Waals surface area (Å²) in [6.07, 6.45) is 2.62. The standard InChI is InChI=1S/C13H16FN3/c1-9(5-6-15)13-16-8-12(17-13)10-3-2-4-11(14)7-10/h2-4,7-9H,5-6,15H2,1H3,(H,16,17). The van der Waals surface area contributed by atoms with Crippen molar-refractivity contribution in [3.8, 4) is 11.3 Å². The van der Waals surface area contributed by atoms with Crippen LogP contribution in [0.15, 0.2) is 30.5 Å². The fourth-order valence-corrected chi connectivity index (χ4v) is 1.78. The number of halogens is 1. The van der Waals surface area contributed by atoms with Crippen LogP contribution >= 0.6 is 0 Å². The van der Waals surface area contributed by atoms with Gasteiger partial charge in [0.1, 0.15) is 11.6 Å². The van der Waals surface area contributed by atoms with Crippen LogP contribution < -0.4 is 5.73 Å². The molecule has 0 saturated carbocycles. The highest BCUT2D eigenvalue weighted by Crippen LogP contribution is 2.21. The molecule has 3 N–H and O–H groups in total. The van der Waals surface area contributed by atoms with Crippen molar-refractivity contribution in [1.82, 2.24) is 9.97 Å². The van der Waals surface area contributed by atoms with Gasteiger partial charge in [-0.25, -0.2) is 9.37 Å². The monoisotopic (exact) mass is 233 g/mol. The van der Waals surface area contributed by atoms with Crippen molar-refractivity contribution in [2.45, 2.75) is 19.3 Å². The van der Waals surface area contributed by atoms with E-state index in [2.05, 4.69) is 16.9 Å². The van der Waals surface area contributed by atoms with Crippen molar-refractivity contribution in [3.63, 3.8) is 0 Å². The Hall–Kier alpha value is -1.68. The Labute approximate surface area is 99.9 Å². The van der Waals surface area contributed by atoms with Gasteiger partial charge in [-0.1, -0.05) is 19.1 Å². The lowest BCUT2D eigenvalue weighted by molar-refractivity contribution is 0.628. The van der Waals surface area contributed by atoms with Gasteiger partial charge in [-0.2, -0.15) is 0 Å². The fraction of sp³-hybridized carbons (Fsp3) is 0.308. The molecular formula is C13H16FN3. The average Bonchev–Trinajstić information content (AvgIpc) is 2.78.